The SMILES string of the molecule is CCCCCCCCCC(=O)NN([O-])CCC. The second kappa shape index (κ2) is 11.9. The highest BCUT2D eigenvalue weighted by Crippen LogP contribution is 2.08. The highest BCUT2D eigenvalue weighted by atomic mass is 16.5. The van der Waals surface area contributed by atoms with Gasteiger partial charge in [0.2, 0.25) is 5.91 Å². The van der Waals surface area contributed by atoms with Crippen molar-refractivity contribution in [3.63, 3.8) is 0 Å². The Balaban J connectivity index is 3.27. The Morgan fingerprint density at radius 2 is 1.59 bits per heavy atom. The van der Waals surface area contributed by atoms with Crippen molar-refractivity contribution in [1.29, 1.82) is 0 Å². The number of rotatable bonds is 11. The summed E-state index contributed by atoms with van der Waals surface area (Å²) in [6, 6.07) is 0. The predicted octanol–water partition coefficient (Wildman–Crippen LogP) is 3.37. The Bertz CT molecular complexity index is 186. The van der Waals surface area contributed by atoms with E-state index in [-0.39, 0.29) is 5.91 Å². The van der Waals surface area contributed by atoms with Gasteiger partial charge in [-0.1, -0.05) is 52.4 Å². The highest BCUT2D eigenvalue weighted by Gasteiger charge is 2.00. The van der Waals surface area contributed by atoms with Crippen LogP contribution in [0, 0.1) is 5.21 Å². The first-order chi connectivity index (χ1) is 8.20. The maximum Gasteiger partial charge on any atom is 0.233 e. The van der Waals surface area contributed by atoms with Gasteiger partial charge in [-0.05, 0) is 12.8 Å². The maximum atomic E-state index is 11.3. The molecule has 0 fully saturated rings. The number of hydrogen-bond donors (Lipinski definition) is 1. The molecule has 0 bridgehead atoms. The molecule has 0 unspecified atom stereocenters. The summed E-state index contributed by atoms with van der Waals surface area (Å²) in [5.41, 5.74) is 2.33. The lowest BCUT2D eigenvalue weighted by Gasteiger charge is -2.27. The maximum absolute atomic E-state index is 11.3. The number of nitrogens with one attached hydrogen (secondary N) is 1. The van der Waals surface area contributed by atoms with Crippen LogP contribution in [0.1, 0.15) is 71.6 Å². The number of unbranched alkanes of at least 4 members (excludes halogenated alkanes) is 6. The van der Waals surface area contributed by atoms with E-state index in [9.17, 15) is 10.0 Å². The van der Waals surface area contributed by atoms with Gasteiger partial charge in [0.1, 0.15) is 0 Å². The number of hydroxylamine groups is 1. The van der Waals surface area contributed by atoms with Crippen molar-refractivity contribution >= 4 is 5.91 Å². The molecule has 0 rings (SSSR count). The van der Waals surface area contributed by atoms with E-state index in [1.807, 2.05) is 6.92 Å². The van der Waals surface area contributed by atoms with Crippen LogP contribution in [0.5, 0.6) is 0 Å². The zero-order valence-corrected chi connectivity index (χ0v) is 11.3. The van der Waals surface area contributed by atoms with Crippen LogP contribution in [0.25, 0.3) is 0 Å². The fourth-order valence-corrected chi connectivity index (χ4v) is 1.70. The molecule has 0 aliphatic carbocycles. The van der Waals surface area contributed by atoms with Crippen LogP contribution >= 0.6 is 0 Å². The molecule has 17 heavy (non-hydrogen) atoms. The molecular weight excluding hydrogens is 216 g/mol. The van der Waals surface area contributed by atoms with E-state index in [0.29, 0.717) is 18.1 Å². The lowest BCUT2D eigenvalue weighted by molar-refractivity contribution is -0.124. The van der Waals surface area contributed by atoms with Crippen molar-refractivity contribution in [3.05, 3.63) is 5.21 Å². The van der Waals surface area contributed by atoms with Crippen molar-refractivity contribution in [2.45, 2.75) is 71.6 Å². The summed E-state index contributed by atoms with van der Waals surface area (Å²) < 4.78 is 0. The molecule has 0 aliphatic rings. The molecule has 0 saturated heterocycles. The molecule has 0 spiro atoms. The van der Waals surface area contributed by atoms with Crippen molar-refractivity contribution < 1.29 is 4.79 Å². The summed E-state index contributed by atoms with van der Waals surface area (Å²) >= 11 is 0. The summed E-state index contributed by atoms with van der Waals surface area (Å²) in [5.74, 6) is -0.151. The van der Waals surface area contributed by atoms with E-state index < -0.39 is 0 Å². The monoisotopic (exact) mass is 243 g/mol. The summed E-state index contributed by atoms with van der Waals surface area (Å²) in [6.07, 6.45) is 9.52. The van der Waals surface area contributed by atoms with Gasteiger partial charge in [-0.25, -0.2) is 0 Å². The first kappa shape index (κ1) is 16.4. The minimum Gasteiger partial charge on any atom is -0.767 e. The standard InChI is InChI=1S/C13H27N2O2/c1-3-5-6-7-8-9-10-11-13(16)14-15(17)12-4-2/h3-12H2,1-2H3,(H,14,16)/q-1. The summed E-state index contributed by atoms with van der Waals surface area (Å²) in [4.78, 5) is 11.3. The van der Waals surface area contributed by atoms with Crippen LogP contribution in [-0.4, -0.2) is 17.6 Å². The van der Waals surface area contributed by atoms with Crippen LogP contribution in [0.4, 0.5) is 0 Å². The summed E-state index contributed by atoms with van der Waals surface area (Å²) in [6.45, 7) is 4.48. The van der Waals surface area contributed by atoms with E-state index in [1.54, 1.807) is 0 Å². The Kier molecular flexibility index (Phi) is 11.4. The van der Waals surface area contributed by atoms with Crippen LogP contribution < -0.4 is 5.43 Å². The second-order valence-corrected chi connectivity index (χ2v) is 4.51. The molecule has 0 radical (unpaired) electrons. The van der Waals surface area contributed by atoms with E-state index >= 15 is 0 Å². The van der Waals surface area contributed by atoms with Crippen molar-refractivity contribution in [1.82, 2.24) is 10.6 Å². The van der Waals surface area contributed by atoms with Gasteiger partial charge in [0.15, 0.2) is 0 Å². The molecule has 0 aromatic heterocycles. The number of amides is 1. The minimum absolute atomic E-state index is 0.151. The largest absolute Gasteiger partial charge is 0.767 e. The van der Waals surface area contributed by atoms with Gasteiger partial charge >= 0.3 is 0 Å². The third-order valence-electron chi connectivity index (χ3n) is 2.68. The number of carbonyl (C=O) groups excluding carboxylic acids is 1. The highest BCUT2D eigenvalue weighted by molar-refractivity contribution is 5.75. The van der Waals surface area contributed by atoms with E-state index in [4.69, 9.17) is 0 Å². The van der Waals surface area contributed by atoms with Crippen molar-refractivity contribution in [2.24, 2.45) is 0 Å². The normalized spacial score (nSPS) is 10.8. The Hall–Kier alpha value is -0.610. The Morgan fingerprint density at radius 1 is 1.00 bits per heavy atom. The van der Waals surface area contributed by atoms with E-state index in [0.717, 1.165) is 19.3 Å². The molecule has 0 aromatic carbocycles. The molecule has 4 heteroatoms. The first-order valence-electron chi connectivity index (χ1n) is 6.94. The number of nitrogens with zero attached hydrogens (tertiary/aromatic N) is 1. The summed E-state index contributed by atoms with van der Waals surface area (Å²) in [5, 5.41) is 11.7. The Labute approximate surface area is 105 Å². The minimum atomic E-state index is -0.151. The van der Waals surface area contributed by atoms with Gasteiger partial charge in [0.25, 0.3) is 0 Å². The molecule has 1 amide bonds. The van der Waals surface area contributed by atoms with Crippen molar-refractivity contribution in [3.8, 4) is 0 Å². The molecule has 102 valence electrons. The third-order valence-corrected chi connectivity index (χ3v) is 2.68. The van der Waals surface area contributed by atoms with Crippen LogP contribution in [0.15, 0.2) is 0 Å². The van der Waals surface area contributed by atoms with Gasteiger partial charge in [0, 0.05) is 13.0 Å². The first-order valence-corrected chi connectivity index (χ1v) is 6.94. The molecular formula is C13H27N2O2-. The second-order valence-electron chi connectivity index (χ2n) is 4.51. The fourth-order valence-electron chi connectivity index (χ4n) is 1.70. The van der Waals surface area contributed by atoms with Crippen LogP contribution in [-0.2, 0) is 4.79 Å². The van der Waals surface area contributed by atoms with Gasteiger partial charge in [-0.15, -0.1) is 0 Å². The molecule has 0 aromatic rings. The molecule has 0 atom stereocenters. The van der Waals surface area contributed by atoms with Crippen LogP contribution in [0.2, 0.25) is 0 Å². The average Bonchev–Trinajstić information content (AvgIpc) is 2.28. The quantitative estimate of drug-likeness (QED) is 0.447. The molecule has 0 aliphatic heterocycles. The zero-order chi connectivity index (χ0) is 12.9. The van der Waals surface area contributed by atoms with Gasteiger partial charge in [-0.2, -0.15) is 0 Å². The van der Waals surface area contributed by atoms with Gasteiger partial charge < -0.3 is 10.6 Å². The third kappa shape index (κ3) is 11.6. The number of carbonyl (C=O) groups is 1. The van der Waals surface area contributed by atoms with Gasteiger partial charge in [0.05, 0.1) is 0 Å². The topological polar surface area (TPSA) is 55.4 Å². The fraction of sp³-hybridized carbons (Fsp3) is 0.923. The lowest BCUT2D eigenvalue weighted by Crippen LogP contribution is -2.38. The average molecular weight is 243 g/mol. The number of hydrogen-bond acceptors (Lipinski definition) is 3. The van der Waals surface area contributed by atoms with E-state index in [1.165, 1.54) is 32.1 Å². The predicted molar refractivity (Wildman–Crippen MR) is 71.1 cm³/mol. The van der Waals surface area contributed by atoms with E-state index in [2.05, 4.69) is 12.3 Å². The summed E-state index contributed by atoms with van der Waals surface area (Å²) in [7, 11) is 0. The number of hydrazine groups is 1. The Morgan fingerprint density at radius 3 is 2.18 bits per heavy atom. The van der Waals surface area contributed by atoms with Crippen LogP contribution in [0.3, 0.4) is 0 Å². The zero-order valence-electron chi connectivity index (χ0n) is 11.3. The lowest BCUT2D eigenvalue weighted by atomic mass is 10.1. The van der Waals surface area contributed by atoms with Crippen molar-refractivity contribution in [2.75, 3.05) is 6.54 Å². The molecule has 1 N–H and O–H groups in total. The smallest absolute Gasteiger partial charge is 0.233 e. The molecule has 4 nitrogen and oxygen atoms in total. The molecule has 0 saturated carbocycles. The molecule has 0 heterocycles. The van der Waals surface area contributed by atoms with Gasteiger partial charge in [-0.3, -0.25) is 9.97 Å².